The third-order valence-corrected chi connectivity index (χ3v) is 11.8. The number of ether oxygens (including phenoxy) is 3. The van der Waals surface area contributed by atoms with Gasteiger partial charge in [-0.1, -0.05) is 226 Å². The van der Waals surface area contributed by atoms with E-state index in [-0.39, 0.29) is 25.2 Å². The molecule has 0 aromatic rings. The van der Waals surface area contributed by atoms with Gasteiger partial charge in [0.15, 0.2) is 6.10 Å². The number of hydrogen-bond donors (Lipinski definition) is 0. The van der Waals surface area contributed by atoms with Crippen molar-refractivity contribution < 1.29 is 23.8 Å². The predicted molar refractivity (Wildman–Crippen MR) is 297 cm³/mol. The molecule has 0 bridgehead atoms. The minimum Gasteiger partial charge on any atom is -0.462 e. The van der Waals surface area contributed by atoms with Crippen molar-refractivity contribution in [3.05, 3.63) is 109 Å². The highest BCUT2D eigenvalue weighted by molar-refractivity contribution is 5.70. The topological polar surface area (TPSA) is 61.8 Å². The van der Waals surface area contributed by atoms with Gasteiger partial charge in [0.1, 0.15) is 6.61 Å². The van der Waals surface area contributed by atoms with Crippen LogP contribution in [-0.4, -0.2) is 37.9 Å². The molecule has 0 amide bonds. The van der Waals surface area contributed by atoms with E-state index >= 15 is 0 Å². The molecule has 0 aliphatic rings. The van der Waals surface area contributed by atoms with E-state index in [0.717, 1.165) is 116 Å². The predicted octanol–water partition coefficient (Wildman–Crippen LogP) is 19.6. The molecule has 0 radical (unpaired) electrons. The summed E-state index contributed by atoms with van der Waals surface area (Å²) in [5, 5.41) is 0. The van der Waals surface area contributed by atoms with Crippen LogP contribution in [0.25, 0.3) is 0 Å². The van der Waals surface area contributed by atoms with E-state index in [9.17, 15) is 9.59 Å². The normalized spacial score (nSPS) is 13.0. The molecule has 0 fully saturated rings. The first-order valence-corrected chi connectivity index (χ1v) is 28.4. The molecule has 0 spiro atoms. The molecule has 0 heterocycles. The van der Waals surface area contributed by atoms with E-state index in [1.165, 1.54) is 103 Å². The molecule has 0 aliphatic carbocycles. The largest absolute Gasteiger partial charge is 0.462 e. The number of carbonyl (C=O) groups excluding carboxylic acids is 2. The maximum Gasteiger partial charge on any atom is 0.306 e. The van der Waals surface area contributed by atoms with Crippen molar-refractivity contribution in [2.45, 2.75) is 258 Å². The molecule has 0 rings (SSSR count). The van der Waals surface area contributed by atoms with Gasteiger partial charge < -0.3 is 14.2 Å². The number of rotatable bonds is 51. The summed E-state index contributed by atoms with van der Waals surface area (Å²) in [6, 6.07) is 0. The van der Waals surface area contributed by atoms with Gasteiger partial charge in [-0.2, -0.15) is 0 Å². The molecule has 5 heteroatoms. The standard InChI is InChI=1S/C63H106O5/c1-4-7-10-13-16-19-22-25-28-31-32-34-35-38-41-44-47-50-53-56-62(64)67-60-61(59-66-58-55-52-49-46-43-40-37-30-27-24-21-18-15-12-9-6-3)68-63(65)57-54-51-48-45-42-39-36-33-29-26-23-20-17-14-11-8-5-2/h7,9-10,12,16,18-19,21,25-30,32,34,38,41,61H,4-6,8,11,13-15,17,20,22-24,31,33,35-37,39-40,42-60H2,1-3H3/b10-7-,12-9-,19-16-,21-18-,28-25-,29-26-,30-27-,34-32-,41-38-. The van der Waals surface area contributed by atoms with E-state index in [0.29, 0.717) is 19.4 Å². The van der Waals surface area contributed by atoms with Crippen LogP contribution in [0.2, 0.25) is 0 Å². The van der Waals surface area contributed by atoms with Crippen LogP contribution in [0, 0.1) is 0 Å². The first-order chi connectivity index (χ1) is 33.6. The van der Waals surface area contributed by atoms with Gasteiger partial charge in [-0.3, -0.25) is 9.59 Å². The summed E-state index contributed by atoms with van der Waals surface area (Å²) in [5.74, 6) is -0.448. The Labute approximate surface area is 421 Å². The highest BCUT2D eigenvalue weighted by Crippen LogP contribution is 2.14. The fourth-order valence-electron chi connectivity index (χ4n) is 7.60. The van der Waals surface area contributed by atoms with Crippen LogP contribution in [0.4, 0.5) is 0 Å². The number of unbranched alkanes of at least 4 members (excludes halogenated alkanes) is 22. The quantitative estimate of drug-likeness (QED) is 0.0345. The summed E-state index contributed by atoms with van der Waals surface area (Å²) in [6.45, 7) is 7.54. The Balaban J connectivity index is 4.38. The smallest absolute Gasteiger partial charge is 0.306 e. The first-order valence-electron chi connectivity index (χ1n) is 28.4. The van der Waals surface area contributed by atoms with Crippen LogP contribution in [0.5, 0.6) is 0 Å². The molecule has 0 saturated heterocycles. The Morgan fingerprint density at radius 1 is 0.338 bits per heavy atom. The molecule has 1 unspecified atom stereocenters. The van der Waals surface area contributed by atoms with Crippen LogP contribution in [0.3, 0.4) is 0 Å². The summed E-state index contributed by atoms with van der Waals surface area (Å²) < 4.78 is 17.4. The zero-order chi connectivity index (χ0) is 49.2. The highest BCUT2D eigenvalue weighted by atomic mass is 16.6. The van der Waals surface area contributed by atoms with E-state index < -0.39 is 6.10 Å². The van der Waals surface area contributed by atoms with Crippen LogP contribution >= 0.6 is 0 Å². The highest BCUT2D eigenvalue weighted by Gasteiger charge is 2.17. The van der Waals surface area contributed by atoms with Crippen molar-refractivity contribution in [3.8, 4) is 0 Å². The lowest BCUT2D eigenvalue weighted by atomic mass is 10.1. The summed E-state index contributed by atoms with van der Waals surface area (Å²) in [7, 11) is 0. The van der Waals surface area contributed by atoms with Crippen molar-refractivity contribution in [3.63, 3.8) is 0 Å². The molecule has 388 valence electrons. The van der Waals surface area contributed by atoms with Gasteiger partial charge in [0, 0.05) is 19.4 Å². The van der Waals surface area contributed by atoms with Crippen LogP contribution in [0.15, 0.2) is 109 Å². The zero-order valence-electron chi connectivity index (χ0n) is 44.6. The van der Waals surface area contributed by atoms with Gasteiger partial charge in [-0.25, -0.2) is 0 Å². The second-order valence-electron chi connectivity index (χ2n) is 18.4. The fraction of sp³-hybridized carbons (Fsp3) is 0.683. The van der Waals surface area contributed by atoms with E-state index in [4.69, 9.17) is 14.2 Å². The molecule has 0 aromatic carbocycles. The first kappa shape index (κ1) is 64.6. The average Bonchev–Trinajstić information content (AvgIpc) is 3.34. The van der Waals surface area contributed by atoms with E-state index in [2.05, 4.69) is 130 Å². The number of hydrogen-bond acceptors (Lipinski definition) is 5. The monoisotopic (exact) mass is 943 g/mol. The maximum atomic E-state index is 12.9. The Bertz CT molecular complexity index is 1340. The molecule has 0 N–H and O–H groups in total. The lowest BCUT2D eigenvalue weighted by molar-refractivity contribution is -0.163. The van der Waals surface area contributed by atoms with Crippen molar-refractivity contribution in [1.82, 2.24) is 0 Å². The Kier molecular flexibility index (Phi) is 54.9. The fourth-order valence-corrected chi connectivity index (χ4v) is 7.60. The Hall–Kier alpha value is -3.44. The number of esters is 2. The van der Waals surface area contributed by atoms with Crippen LogP contribution < -0.4 is 0 Å². The average molecular weight is 944 g/mol. The van der Waals surface area contributed by atoms with E-state index in [1.807, 2.05) is 0 Å². The molecular formula is C63H106O5. The molecule has 1 atom stereocenters. The van der Waals surface area contributed by atoms with Crippen LogP contribution in [-0.2, 0) is 23.8 Å². The second-order valence-corrected chi connectivity index (χ2v) is 18.4. The molecule has 0 saturated carbocycles. The second kappa shape index (κ2) is 57.9. The Morgan fingerprint density at radius 2 is 0.662 bits per heavy atom. The SMILES string of the molecule is CC/C=C\C/C=C\C/C=C\C/C=C\C/C=C\CCCCCC(=O)OCC(COCCCCCCCC/C=C\C/C=C\C/C=C\CC)OC(=O)CCCCCCCCC/C=C\CCCCCCCC. The zero-order valence-corrected chi connectivity index (χ0v) is 44.6. The summed E-state index contributed by atoms with van der Waals surface area (Å²) in [5.41, 5.74) is 0. The lowest BCUT2D eigenvalue weighted by Crippen LogP contribution is -2.30. The maximum absolute atomic E-state index is 12.9. The Morgan fingerprint density at radius 3 is 1.09 bits per heavy atom. The van der Waals surface area contributed by atoms with Crippen molar-refractivity contribution >= 4 is 11.9 Å². The van der Waals surface area contributed by atoms with Gasteiger partial charge in [0.05, 0.1) is 6.61 Å². The summed E-state index contributed by atoms with van der Waals surface area (Å²) >= 11 is 0. The molecule has 0 aliphatic heterocycles. The summed E-state index contributed by atoms with van der Waals surface area (Å²) in [6.07, 6.45) is 79.6. The van der Waals surface area contributed by atoms with Crippen molar-refractivity contribution in [2.75, 3.05) is 19.8 Å². The minimum atomic E-state index is -0.567. The van der Waals surface area contributed by atoms with Crippen molar-refractivity contribution in [2.24, 2.45) is 0 Å². The molecule has 5 nitrogen and oxygen atoms in total. The molecule has 0 aromatic heterocycles. The number of carbonyl (C=O) groups is 2. The third kappa shape index (κ3) is 55.2. The minimum absolute atomic E-state index is 0.0554. The van der Waals surface area contributed by atoms with Crippen LogP contribution in [0.1, 0.15) is 252 Å². The van der Waals surface area contributed by atoms with Gasteiger partial charge in [0.2, 0.25) is 0 Å². The van der Waals surface area contributed by atoms with Gasteiger partial charge in [-0.15, -0.1) is 0 Å². The van der Waals surface area contributed by atoms with Crippen molar-refractivity contribution in [1.29, 1.82) is 0 Å². The van der Waals surface area contributed by atoms with Gasteiger partial charge >= 0.3 is 11.9 Å². The van der Waals surface area contributed by atoms with E-state index in [1.54, 1.807) is 0 Å². The summed E-state index contributed by atoms with van der Waals surface area (Å²) in [4.78, 5) is 25.5. The van der Waals surface area contributed by atoms with Gasteiger partial charge in [-0.05, 0) is 122 Å². The third-order valence-electron chi connectivity index (χ3n) is 11.8. The molecular weight excluding hydrogens is 837 g/mol. The van der Waals surface area contributed by atoms with Gasteiger partial charge in [0.25, 0.3) is 0 Å². The number of allylic oxidation sites excluding steroid dienone is 18. The lowest BCUT2D eigenvalue weighted by Gasteiger charge is -2.18. The molecule has 68 heavy (non-hydrogen) atoms.